The maximum absolute atomic E-state index is 12.2. The van der Waals surface area contributed by atoms with Crippen LogP contribution in [0, 0.1) is 0 Å². The van der Waals surface area contributed by atoms with Crippen molar-refractivity contribution >= 4 is 17.9 Å². The number of nitrogens with zero attached hydrogens (tertiary/aromatic N) is 1. The molecule has 1 unspecified atom stereocenters. The van der Waals surface area contributed by atoms with Gasteiger partial charge in [0.25, 0.3) is 0 Å². The highest BCUT2D eigenvalue weighted by molar-refractivity contribution is 5.90. The molecule has 1 fully saturated rings. The Kier molecular flexibility index (Phi) is 5.54. The lowest BCUT2D eigenvalue weighted by molar-refractivity contribution is -0.143. The summed E-state index contributed by atoms with van der Waals surface area (Å²) in [5, 5.41) is 14.2. The third-order valence-electron chi connectivity index (χ3n) is 3.08. The normalized spacial score (nSPS) is 19.3. The van der Waals surface area contributed by atoms with E-state index in [4.69, 9.17) is 9.84 Å². The number of carboxylic acid groups (broad SMARTS) is 1. The molecule has 8 nitrogen and oxygen atoms in total. The van der Waals surface area contributed by atoms with Gasteiger partial charge in [0.05, 0.1) is 13.2 Å². The third kappa shape index (κ3) is 4.59. The van der Waals surface area contributed by atoms with E-state index in [0.29, 0.717) is 6.61 Å². The molecule has 1 rings (SSSR count). The number of carbonyl (C=O) groups excluding carboxylic acids is 2. The van der Waals surface area contributed by atoms with Crippen LogP contribution in [0.2, 0.25) is 0 Å². The van der Waals surface area contributed by atoms with Gasteiger partial charge >= 0.3 is 12.0 Å². The monoisotopic (exact) mass is 301 g/mol. The van der Waals surface area contributed by atoms with Crippen molar-refractivity contribution in [2.75, 3.05) is 19.8 Å². The molecule has 1 aliphatic rings. The first-order valence-corrected chi connectivity index (χ1v) is 6.85. The van der Waals surface area contributed by atoms with Crippen LogP contribution in [0.3, 0.4) is 0 Å². The molecule has 3 amide bonds. The topological polar surface area (TPSA) is 108 Å². The molecule has 0 spiro atoms. The lowest BCUT2D eigenvalue weighted by atomic mass is 10.1. The van der Waals surface area contributed by atoms with E-state index in [1.54, 1.807) is 0 Å². The fourth-order valence-electron chi connectivity index (χ4n) is 1.84. The zero-order valence-corrected chi connectivity index (χ0v) is 12.8. The number of aliphatic carboxylic acids is 1. The molecular formula is C13H23N3O5. The number of amides is 3. The summed E-state index contributed by atoms with van der Waals surface area (Å²) in [6.07, 6.45) is 0. The second-order valence-electron chi connectivity index (χ2n) is 5.81. The van der Waals surface area contributed by atoms with E-state index in [1.165, 1.54) is 18.7 Å². The van der Waals surface area contributed by atoms with E-state index < -0.39 is 23.6 Å². The third-order valence-corrected chi connectivity index (χ3v) is 3.08. The molecule has 8 heteroatoms. The number of hydrogen-bond acceptors (Lipinski definition) is 4. The van der Waals surface area contributed by atoms with Gasteiger partial charge in [-0.05, 0) is 27.7 Å². The van der Waals surface area contributed by atoms with Gasteiger partial charge in [0, 0.05) is 12.6 Å². The molecule has 0 aromatic rings. The minimum absolute atomic E-state index is 0.0557. The minimum atomic E-state index is -1.41. The van der Waals surface area contributed by atoms with E-state index in [2.05, 4.69) is 10.6 Å². The Morgan fingerprint density at radius 2 is 1.95 bits per heavy atom. The summed E-state index contributed by atoms with van der Waals surface area (Å²) in [6, 6.07) is -1.40. The van der Waals surface area contributed by atoms with Gasteiger partial charge in [-0.3, -0.25) is 4.79 Å². The average molecular weight is 301 g/mol. The molecule has 1 atom stereocenters. The van der Waals surface area contributed by atoms with Crippen molar-refractivity contribution in [1.29, 1.82) is 0 Å². The summed E-state index contributed by atoms with van der Waals surface area (Å²) in [6.45, 7) is 7.05. The quantitative estimate of drug-likeness (QED) is 0.665. The van der Waals surface area contributed by atoms with Crippen molar-refractivity contribution in [3.63, 3.8) is 0 Å². The van der Waals surface area contributed by atoms with Crippen molar-refractivity contribution in [2.24, 2.45) is 0 Å². The van der Waals surface area contributed by atoms with Crippen LogP contribution in [-0.4, -0.2) is 65.3 Å². The predicted octanol–water partition coefficient (Wildman–Crippen LogP) is -0.215. The molecule has 1 aliphatic heterocycles. The van der Waals surface area contributed by atoms with Crippen molar-refractivity contribution in [2.45, 2.75) is 45.3 Å². The summed E-state index contributed by atoms with van der Waals surface area (Å²) in [7, 11) is 0. The summed E-state index contributed by atoms with van der Waals surface area (Å²) in [5.41, 5.74) is -1.41. The van der Waals surface area contributed by atoms with Gasteiger partial charge in [-0.25, -0.2) is 9.59 Å². The molecular weight excluding hydrogens is 278 g/mol. The van der Waals surface area contributed by atoms with Crippen molar-refractivity contribution < 1.29 is 24.2 Å². The lowest BCUT2D eigenvalue weighted by Crippen LogP contribution is -2.62. The molecule has 21 heavy (non-hydrogen) atoms. The minimum Gasteiger partial charge on any atom is -0.480 e. The fourth-order valence-corrected chi connectivity index (χ4v) is 1.84. The van der Waals surface area contributed by atoms with Crippen LogP contribution < -0.4 is 10.6 Å². The summed E-state index contributed by atoms with van der Waals surface area (Å²) in [5.74, 6) is -1.46. The molecule has 0 bridgehead atoms. The second kappa shape index (κ2) is 6.75. The number of carboxylic acids is 1. The van der Waals surface area contributed by atoms with E-state index in [1.807, 2.05) is 13.8 Å². The molecule has 0 aliphatic carbocycles. The molecule has 3 N–H and O–H groups in total. The number of ether oxygens (including phenoxy) is 1. The average Bonchev–Trinajstić information content (AvgIpc) is 2.37. The largest absolute Gasteiger partial charge is 0.480 e. The predicted molar refractivity (Wildman–Crippen MR) is 74.8 cm³/mol. The van der Waals surface area contributed by atoms with Gasteiger partial charge in [-0.15, -0.1) is 0 Å². The van der Waals surface area contributed by atoms with E-state index in [9.17, 15) is 14.4 Å². The molecule has 0 saturated carbocycles. The Morgan fingerprint density at radius 3 is 2.48 bits per heavy atom. The van der Waals surface area contributed by atoms with Crippen LogP contribution in [-0.2, 0) is 14.3 Å². The van der Waals surface area contributed by atoms with Crippen molar-refractivity contribution in [3.05, 3.63) is 0 Å². The van der Waals surface area contributed by atoms with Gasteiger partial charge in [0.2, 0.25) is 5.91 Å². The first-order valence-electron chi connectivity index (χ1n) is 6.85. The van der Waals surface area contributed by atoms with Crippen molar-refractivity contribution in [1.82, 2.24) is 15.5 Å². The molecule has 120 valence electrons. The van der Waals surface area contributed by atoms with Crippen molar-refractivity contribution in [3.8, 4) is 0 Å². The zero-order chi connectivity index (χ0) is 16.2. The summed E-state index contributed by atoms with van der Waals surface area (Å²) in [4.78, 5) is 36.7. The first kappa shape index (κ1) is 17.2. The highest BCUT2D eigenvalue weighted by atomic mass is 16.5. The maximum atomic E-state index is 12.2. The Hall–Kier alpha value is -1.83. The number of carbonyl (C=O) groups is 3. The van der Waals surface area contributed by atoms with E-state index in [-0.39, 0.29) is 25.1 Å². The first-order chi connectivity index (χ1) is 9.65. The highest BCUT2D eigenvalue weighted by Crippen LogP contribution is 2.11. The van der Waals surface area contributed by atoms with Crippen LogP contribution in [0.4, 0.5) is 4.79 Å². The number of hydrogen-bond donors (Lipinski definition) is 3. The SMILES string of the molecule is CC(C)NC(=O)C1COCCN1C(=O)NC(C)(C)C(=O)O. The fraction of sp³-hybridized carbons (Fsp3) is 0.769. The van der Waals surface area contributed by atoms with Crippen LogP contribution in [0.25, 0.3) is 0 Å². The summed E-state index contributed by atoms with van der Waals surface area (Å²) < 4.78 is 5.24. The van der Waals surface area contributed by atoms with Gasteiger partial charge in [-0.2, -0.15) is 0 Å². The van der Waals surface area contributed by atoms with Gasteiger partial charge in [0.1, 0.15) is 11.6 Å². The Bertz CT molecular complexity index is 422. The Morgan fingerprint density at radius 1 is 1.33 bits per heavy atom. The Labute approximate surface area is 123 Å². The second-order valence-corrected chi connectivity index (χ2v) is 5.81. The van der Waals surface area contributed by atoms with Crippen LogP contribution >= 0.6 is 0 Å². The van der Waals surface area contributed by atoms with Crippen LogP contribution in [0.15, 0.2) is 0 Å². The summed E-state index contributed by atoms with van der Waals surface area (Å²) >= 11 is 0. The smallest absolute Gasteiger partial charge is 0.328 e. The van der Waals surface area contributed by atoms with Gasteiger partial charge < -0.3 is 25.4 Å². The molecule has 0 aromatic heterocycles. The van der Waals surface area contributed by atoms with E-state index in [0.717, 1.165) is 0 Å². The Balaban J connectivity index is 2.79. The highest BCUT2D eigenvalue weighted by Gasteiger charge is 2.37. The number of morpholine rings is 1. The molecule has 0 radical (unpaired) electrons. The van der Waals surface area contributed by atoms with Crippen LogP contribution in [0.1, 0.15) is 27.7 Å². The number of nitrogens with one attached hydrogen (secondary N) is 2. The van der Waals surface area contributed by atoms with Crippen LogP contribution in [0.5, 0.6) is 0 Å². The maximum Gasteiger partial charge on any atom is 0.328 e. The van der Waals surface area contributed by atoms with E-state index >= 15 is 0 Å². The van der Waals surface area contributed by atoms with Gasteiger partial charge in [-0.1, -0.05) is 0 Å². The van der Waals surface area contributed by atoms with Gasteiger partial charge in [0.15, 0.2) is 0 Å². The number of urea groups is 1. The molecule has 0 aromatic carbocycles. The lowest BCUT2D eigenvalue weighted by Gasteiger charge is -2.36. The zero-order valence-electron chi connectivity index (χ0n) is 12.8. The molecule has 1 saturated heterocycles. The molecule has 1 heterocycles. The number of rotatable bonds is 4. The standard InChI is InChI=1S/C13H23N3O5/c1-8(2)14-10(17)9-7-21-6-5-16(9)12(20)15-13(3,4)11(18)19/h8-9H,5-7H2,1-4H3,(H,14,17)(H,15,20)(H,18,19).